The Balaban J connectivity index is 1.69. The Bertz CT molecular complexity index is 555. The predicted molar refractivity (Wildman–Crippen MR) is 85.2 cm³/mol. The molecule has 0 saturated carbocycles. The highest BCUT2D eigenvalue weighted by Crippen LogP contribution is 2.18. The summed E-state index contributed by atoms with van der Waals surface area (Å²) < 4.78 is 0. The third-order valence-corrected chi connectivity index (χ3v) is 4.17. The number of rotatable bonds is 3. The summed E-state index contributed by atoms with van der Waals surface area (Å²) >= 11 is 0. The molecule has 0 aromatic heterocycles. The van der Waals surface area contributed by atoms with Crippen LogP contribution in [0.15, 0.2) is 24.3 Å². The van der Waals surface area contributed by atoms with Crippen LogP contribution in [0.3, 0.4) is 0 Å². The molecule has 1 aromatic rings. The molecule has 2 heterocycles. The normalized spacial score (nSPS) is 19.6. The van der Waals surface area contributed by atoms with E-state index >= 15 is 0 Å². The number of carbonyl (C=O) groups is 2. The SMILES string of the molecule is O=C(NC1CCNCC1)c1cccc(N2CCCNC2=O)c1. The van der Waals surface area contributed by atoms with Crippen LogP contribution in [0.1, 0.15) is 29.6 Å². The summed E-state index contributed by atoms with van der Waals surface area (Å²) in [5, 5.41) is 9.19. The number of urea groups is 1. The van der Waals surface area contributed by atoms with Crippen molar-refractivity contribution in [3.63, 3.8) is 0 Å². The molecule has 2 saturated heterocycles. The van der Waals surface area contributed by atoms with Gasteiger partial charge < -0.3 is 16.0 Å². The van der Waals surface area contributed by atoms with E-state index in [1.165, 1.54) is 0 Å². The molecule has 22 heavy (non-hydrogen) atoms. The van der Waals surface area contributed by atoms with Crippen molar-refractivity contribution in [2.24, 2.45) is 0 Å². The Morgan fingerprint density at radius 3 is 2.82 bits per heavy atom. The fraction of sp³-hybridized carbons (Fsp3) is 0.500. The number of benzene rings is 1. The van der Waals surface area contributed by atoms with Crippen LogP contribution in [-0.4, -0.2) is 44.2 Å². The predicted octanol–water partition coefficient (Wildman–Crippen LogP) is 1.09. The van der Waals surface area contributed by atoms with Crippen LogP contribution in [0, 0.1) is 0 Å². The van der Waals surface area contributed by atoms with Crippen molar-refractivity contribution in [2.75, 3.05) is 31.1 Å². The van der Waals surface area contributed by atoms with Gasteiger partial charge in [-0.2, -0.15) is 0 Å². The van der Waals surface area contributed by atoms with E-state index in [-0.39, 0.29) is 18.0 Å². The third-order valence-electron chi connectivity index (χ3n) is 4.17. The summed E-state index contributed by atoms with van der Waals surface area (Å²) in [4.78, 5) is 26.0. The number of anilines is 1. The van der Waals surface area contributed by atoms with Gasteiger partial charge >= 0.3 is 6.03 Å². The molecule has 6 heteroatoms. The van der Waals surface area contributed by atoms with Crippen molar-refractivity contribution in [3.8, 4) is 0 Å². The maximum absolute atomic E-state index is 12.4. The maximum atomic E-state index is 12.4. The number of amides is 3. The van der Waals surface area contributed by atoms with Crippen molar-refractivity contribution < 1.29 is 9.59 Å². The molecule has 3 amide bonds. The van der Waals surface area contributed by atoms with Crippen molar-refractivity contribution in [1.29, 1.82) is 0 Å². The molecule has 0 spiro atoms. The Morgan fingerprint density at radius 2 is 2.05 bits per heavy atom. The van der Waals surface area contributed by atoms with Crippen LogP contribution < -0.4 is 20.9 Å². The van der Waals surface area contributed by atoms with E-state index in [2.05, 4.69) is 16.0 Å². The number of nitrogens with one attached hydrogen (secondary N) is 3. The van der Waals surface area contributed by atoms with Crippen LogP contribution in [-0.2, 0) is 0 Å². The monoisotopic (exact) mass is 302 g/mol. The minimum absolute atomic E-state index is 0.0637. The first kappa shape index (κ1) is 14.8. The Kier molecular flexibility index (Phi) is 4.58. The number of nitrogens with zero attached hydrogens (tertiary/aromatic N) is 1. The first-order chi connectivity index (χ1) is 10.7. The molecule has 3 N–H and O–H groups in total. The van der Waals surface area contributed by atoms with Gasteiger partial charge in [0.1, 0.15) is 0 Å². The first-order valence-corrected chi connectivity index (χ1v) is 7.91. The zero-order valence-corrected chi connectivity index (χ0v) is 12.6. The van der Waals surface area contributed by atoms with Gasteiger partial charge in [0, 0.05) is 30.4 Å². The van der Waals surface area contributed by atoms with Crippen molar-refractivity contribution in [3.05, 3.63) is 29.8 Å². The smallest absolute Gasteiger partial charge is 0.321 e. The fourth-order valence-electron chi connectivity index (χ4n) is 2.93. The average molecular weight is 302 g/mol. The van der Waals surface area contributed by atoms with E-state index in [1.807, 2.05) is 12.1 Å². The minimum atomic E-state index is -0.0952. The maximum Gasteiger partial charge on any atom is 0.321 e. The van der Waals surface area contributed by atoms with Gasteiger partial charge in [-0.25, -0.2) is 4.79 Å². The van der Waals surface area contributed by atoms with E-state index in [0.29, 0.717) is 18.7 Å². The Morgan fingerprint density at radius 1 is 1.23 bits per heavy atom. The Hall–Kier alpha value is -2.08. The largest absolute Gasteiger partial charge is 0.349 e. The van der Waals surface area contributed by atoms with Gasteiger partial charge in [-0.05, 0) is 50.6 Å². The summed E-state index contributed by atoms with van der Waals surface area (Å²) in [6, 6.07) is 7.42. The second-order valence-corrected chi connectivity index (χ2v) is 5.79. The second-order valence-electron chi connectivity index (χ2n) is 5.79. The van der Waals surface area contributed by atoms with Crippen LogP contribution in [0.4, 0.5) is 10.5 Å². The molecule has 3 rings (SSSR count). The number of hydrogen-bond donors (Lipinski definition) is 3. The van der Waals surface area contributed by atoms with Gasteiger partial charge in [-0.1, -0.05) is 6.07 Å². The van der Waals surface area contributed by atoms with Crippen molar-refractivity contribution >= 4 is 17.6 Å². The highest BCUT2D eigenvalue weighted by atomic mass is 16.2. The number of carbonyl (C=O) groups excluding carboxylic acids is 2. The highest BCUT2D eigenvalue weighted by molar-refractivity contribution is 5.98. The molecule has 0 atom stereocenters. The average Bonchev–Trinajstić information content (AvgIpc) is 2.56. The third kappa shape index (κ3) is 3.39. The molecule has 1 aromatic carbocycles. The summed E-state index contributed by atoms with van der Waals surface area (Å²) in [7, 11) is 0. The summed E-state index contributed by atoms with van der Waals surface area (Å²) in [5.74, 6) is -0.0637. The van der Waals surface area contributed by atoms with Crippen LogP contribution >= 0.6 is 0 Å². The highest BCUT2D eigenvalue weighted by Gasteiger charge is 2.21. The summed E-state index contributed by atoms with van der Waals surface area (Å²) in [5.41, 5.74) is 1.38. The van der Waals surface area contributed by atoms with E-state index in [4.69, 9.17) is 0 Å². The Labute approximate surface area is 130 Å². The standard InChI is InChI=1S/C16H22N4O2/c21-15(19-13-5-8-17-9-6-13)12-3-1-4-14(11-12)20-10-2-7-18-16(20)22/h1,3-4,11,13,17H,2,5-10H2,(H,18,22)(H,19,21). The zero-order valence-electron chi connectivity index (χ0n) is 12.6. The second kappa shape index (κ2) is 6.79. The van der Waals surface area contributed by atoms with Gasteiger partial charge in [0.2, 0.25) is 0 Å². The van der Waals surface area contributed by atoms with Crippen molar-refractivity contribution in [2.45, 2.75) is 25.3 Å². The lowest BCUT2D eigenvalue weighted by Crippen LogP contribution is -2.46. The molecule has 118 valence electrons. The molecule has 2 fully saturated rings. The molecule has 0 radical (unpaired) electrons. The minimum Gasteiger partial charge on any atom is -0.349 e. The number of hydrogen-bond acceptors (Lipinski definition) is 3. The van der Waals surface area contributed by atoms with Gasteiger partial charge in [0.25, 0.3) is 5.91 Å². The topological polar surface area (TPSA) is 73.5 Å². The first-order valence-electron chi connectivity index (χ1n) is 7.91. The lowest BCUT2D eigenvalue weighted by atomic mass is 10.1. The summed E-state index contributed by atoms with van der Waals surface area (Å²) in [6.07, 6.45) is 2.83. The molecule has 0 aliphatic carbocycles. The zero-order chi connectivity index (χ0) is 15.4. The van der Waals surface area contributed by atoms with Crippen LogP contribution in [0.25, 0.3) is 0 Å². The fourth-order valence-corrected chi connectivity index (χ4v) is 2.93. The summed E-state index contributed by atoms with van der Waals surface area (Å²) in [6.45, 7) is 3.29. The van der Waals surface area contributed by atoms with Crippen LogP contribution in [0.5, 0.6) is 0 Å². The molecular formula is C16H22N4O2. The van der Waals surface area contributed by atoms with Crippen LogP contribution in [0.2, 0.25) is 0 Å². The van der Waals surface area contributed by atoms with Gasteiger partial charge in [-0.3, -0.25) is 9.69 Å². The van der Waals surface area contributed by atoms with Crippen molar-refractivity contribution in [1.82, 2.24) is 16.0 Å². The van der Waals surface area contributed by atoms with E-state index < -0.39 is 0 Å². The van der Waals surface area contributed by atoms with Gasteiger partial charge in [0.15, 0.2) is 0 Å². The molecule has 2 aliphatic heterocycles. The molecule has 0 bridgehead atoms. The molecule has 6 nitrogen and oxygen atoms in total. The van der Waals surface area contributed by atoms with Gasteiger partial charge in [0.05, 0.1) is 0 Å². The van der Waals surface area contributed by atoms with E-state index in [9.17, 15) is 9.59 Å². The van der Waals surface area contributed by atoms with Gasteiger partial charge in [-0.15, -0.1) is 0 Å². The van der Waals surface area contributed by atoms with E-state index in [1.54, 1.807) is 17.0 Å². The number of piperidine rings is 1. The molecule has 2 aliphatic rings. The van der Waals surface area contributed by atoms with E-state index in [0.717, 1.165) is 38.0 Å². The lowest BCUT2D eigenvalue weighted by molar-refractivity contribution is 0.0929. The quantitative estimate of drug-likeness (QED) is 0.782. The lowest BCUT2D eigenvalue weighted by Gasteiger charge is -2.28. The molecule has 0 unspecified atom stereocenters. The molecular weight excluding hydrogens is 280 g/mol.